The van der Waals surface area contributed by atoms with Crippen LogP contribution in [0.25, 0.3) is 0 Å². The van der Waals surface area contributed by atoms with Gasteiger partial charge in [-0.2, -0.15) is 0 Å². The van der Waals surface area contributed by atoms with E-state index in [4.69, 9.17) is 10.5 Å². The van der Waals surface area contributed by atoms with Gasteiger partial charge in [-0.05, 0) is 37.1 Å². The maximum atomic E-state index is 11.7. The molecule has 0 heterocycles. The lowest BCUT2D eigenvalue weighted by atomic mass is 9.83. The Bertz CT molecular complexity index is 531. The lowest BCUT2D eigenvalue weighted by Crippen LogP contribution is -2.47. The van der Waals surface area contributed by atoms with Crippen LogP contribution in [0.2, 0.25) is 0 Å². The molecule has 0 radical (unpaired) electrons. The minimum Gasteiger partial charge on any atom is -0.492 e. The van der Waals surface area contributed by atoms with Crippen molar-refractivity contribution in [1.29, 1.82) is 0 Å². The summed E-state index contributed by atoms with van der Waals surface area (Å²) in [5.41, 5.74) is 6.08. The predicted octanol–water partition coefficient (Wildman–Crippen LogP) is 2.52. The molecule has 2 N–H and O–H groups in total. The van der Waals surface area contributed by atoms with Crippen LogP contribution in [0.3, 0.4) is 0 Å². The summed E-state index contributed by atoms with van der Waals surface area (Å²) in [4.78, 5) is 0.340. The van der Waals surface area contributed by atoms with Crippen LogP contribution in [-0.4, -0.2) is 26.3 Å². The first kappa shape index (κ1) is 15.3. The minimum absolute atomic E-state index is 0.110. The minimum atomic E-state index is -3.14. The van der Waals surface area contributed by atoms with Crippen LogP contribution in [0.1, 0.15) is 39.0 Å². The highest BCUT2D eigenvalue weighted by molar-refractivity contribution is 7.91. The number of nitrogens with two attached hydrogens (primary N) is 1. The number of sulfone groups is 1. The Morgan fingerprint density at radius 3 is 2.30 bits per heavy atom. The van der Waals surface area contributed by atoms with E-state index >= 15 is 0 Å². The second-order valence-corrected chi connectivity index (χ2v) is 7.86. The van der Waals surface area contributed by atoms with Gasteiger partial charge in [0, 0.05) is 0 Å². The molecule has 0 aliphatic heterocycles. The molecule has 1 saturated carbocycles. The van der Waals surface area contributed by atoms with Gasteiger partial charge in [-0.3, -0.25) is 0 Å². The highest BCUT2D eigenvalue weighted by Crippen LogP contribution is 2.27. The molecule has 0 unspecified atom stereocenters. The Kier molecular flexibility index (Phi) is 4.70. The first-order valence-electron chi connectivity index (χ1n) is 7.20. The fourth-order valence-corrected chi connectivity index (χ4v) is 3.42. The van der Waals surface area contributed by atoms with E-state index in [1.807, 2.05) is 0 Å². The largest absolute Gasteiger partial charge is 0.492 e. The monoisotopic (exact) mass is 297 g/mol. The van der Waals surface area contributed by atoms with Gasteiger partial charge in [-0.1, -0.05) is 26.2 Å². The highest BCUT2D eigenvalue weighted by Gasteiger charge is 2.28. The first-order chi connectivity index (χ1) is 9.45. The van der Waals surface area contributed by atoms with Crippen molar-refractivity contribution in [3.05, 3.63) is 24.3 Å². The molecule has 0 bridgehead atoms. The van der Waals surface area contributed by atoms with E-state index in [2.05, 4.69) is 0 Å². The van der Waals surface area contributed by atoms with E-state index in [9.17, 15) is 8.42 Å². The van der Waals surface area contributed by atoms with Gasteiger partial charge in [-0.25, -0.2) is 8.42 Å². The lowest BCUT2D eigenvalue weighted by molar-refractivity contribution is 0.173. The van der Waals surface area contributed by atoms with Gasteiger partial charge < -0.3 is 10.5 Å². The molecule has 0 spiro atoms. The second kappa shape index (κ2) is 6.14. The van der Waals surface area contributed by atoms with Crippen molar-refractivity contribution in [2.75, 3.05) is 12.4 Å². The summed E-state index contributed by atoms with van der Waals surface area (Å²) >= 11 is 0. The Balaban J connectivity index is 1.97. The van der Waals surface area contributed by atoms with Crippen LogP contribution in [0.4, 0.5) is 0 Å². The third kappa shape index (κ3) is 3.73. The summed E-state index contributed by atoms with van der Waals surface area (Å²) in [6.07, 6.45) is 5.56. The molecule has 112 valence electrons. The summed E-state index contributed by atoms with van der Waals surface area (Å²) in [5, 5.41) is 0. The van der Waals surface area contributed by atoms with Crippen molar-refractivity contribution >= 4 is 9.84 Å². The van der Waals surface area contributed by atoms with Crippen LogP contribution < -0.4 is 10.5 Å². The fourth-order valence-electron chi connectivity index (χ4n) is 2.54. The molecule has 1 aromatic rings. The van der Waals surface area contributed by atoms with Crippen LogP contribution in [0, 0.1) is 0 Å². The van der Waals surface area contributed by atoms with Gasteiger partial charge in [-0.15, -0.1) is 0 Å². The molecular formula is C15H23NO3S. The van der Waals surface area contributed by atoms with Gasteiger partial charge >= 0.3 is 0 Å². The van der Waals surface area contributed by atoms with E-state index in [1.54, 1.807) is 31.2 Å². The zero-order valence-corrected chi connectivity index (χ0v) is 12.8. The lowest BCUT2D eigenvalue weighted by Gasteiger charge is -2.33. The van der Waals surface area contributed by atoms with Crippen molar-refractivity contribution in [2.45, 2.75) is 49.5 Å². The van der Waals surface area contributed by atoms with Gasteiger partial charge in [0.25, 0.3) is 0 Å². The molecule has 0 atom stereocenters. The molecule has 1 aromatic carbocycles. The predicted molar refractivity (Wildman–Crippen MR) is 79.7 cm³/mol. The Morgan fingerprint density at radius 1 is 1.15 bits per heavy atom. The molecule has 0 aromatic heterocycles. The molecule has 20 heavy (non-hydrogen) atoms. The molecule has 1 aliphatic rings. The smallest absolute Gasteiger partial charge is 0.178 e. The average Bonchev–Trinajstić information content (AvgIpc) is 2.46. The van der Waals surface area contributed by atoms with Gasteiger partial charge in [0.15, 0.2) is 9.84 Å². The zero-order valence-electron chi connectivity index (χ0n) is 12.0. The van der Waals surface area contributed by atoms with Crippen molar-refractivity contribution in [3.63, 3.8) is 0 Å². The summed E-state index contributed by atoms with van der Waals surface area (Å²) < 4.78 is 29.1. The van der Waals surface area contributed by atoms with Gasteiger partial charge in [0.1, 0.15) is 12.4 Å². The summed E-state index contributed by atoms with van der Waals surface area (Å²) in [7, 11) is -3.14. The van der Waals surface area contributed by atoms with E-state index in [0.29, 0.717) is 17.3 Å². The maximum absolute atomic E-state index is 11.7. The summed E-state index contributed by atoms with van der Waals surface area (Å²) in [6.45, 7) is 2.13. The van der Waals surface area contributed by atoms with Gasteiger partial charge in [0.2, 0.25) is 0 Å². The maximum Gasteiger partial charge on any atom is 0.178 e. The topological polar surface area (TPSA) is 69.4 Å². The third-order valence-corrected chi connectivity index (χ3v) is 5.69. The number of benzene rings is 1. The Labute approximate surface area is 121 Å². The molecule has 5 heteroatoms. The SMILES string of the molecule is CCS(=O)(=O)c1ccc(OCC2(N)CCCCC2)cc1. The molecular weight excluding hydrogens is 274 g/mol. The normalized spacial score (nSPS) is 18.7. The fraction of sp³-hybridized carbons (Fsp3) is 0.600. The highest BCUT2D eigenvalue weighted by atomic mass is 32.2. The van der Waals surface area contributed by atoms with Crippen molar-refractivity contribution in [3.8, 4) is 5.75 Å². The quantitative estimate of drug-likeness (QED) is 0.906. The standard InChI is InChI=1S/C15H23NO3S/c1-2-20(17,18)14-8-6-13(7-9-14)19-12-15(16)10-4-3-5-11-15/h6-9H,2-5,10-12,16H2,1H3. The van der Waals surface area contributed by atoms with Crippen molar-refractivity contribution in [2.24, 2.45) is 5.73 Å². The van der Waals surface area contributed by atoms with Crippen LogP contribution >= 0.6 is 0 Å². The van der Waals surface area contributed by atoms with E-state index < -0.39 is 9.84 Å². The molecule has 1 aliphatic carbocycles. The second-order valence-electron chi connectivity index (χ2n) is 5.59. The van der Waals surface area contributed by atoms with Crippen LogP contribution in [-0.2, 0) is 9.84 Å². The summed E-state index contributed by atoms with van der Waals surface area (Å²) in [5.74, 6) is 0.787. The number of rotatable bonds is 5. The van der Waals surface area contributed by atoms with Crippen molar-refractivity contribution < 1.29 is 13.2 Å². The number of ether oxygens (including phenoxy) is 1. The third-order valence-electron chi connectivity index (χ3n) is 3.94. The zero-order chi connectivity index (χ0) is 14.6. The summed E-state index contributed by atoms with van der Waals surface area (Å²) in [6, 6.07) is 6.60. The van der Waals surface area contributed by atoms with E-state index in [-0.39, 0.29) is 11.3 Å². The van der Waals surface area contributed by atoms with Gasteiger partial charge in [0.05, 0.1) is 16.2 Å². The van der Waals surface area contributed by atoms with E-state index in [1.165, 1.54) is 6.42 Å². The van der Waals surface area contributed by atoms with Crippen LogP contribution in [0.15, 0.2) is 29.2 Å². The molecule has 4 nitrogen and oxygen atoms in total. The molecule has 0 amide bonds. The number of hydrogen-bond donors (Lipinski definition) is 1. The molecule has 1 fully saturated rings. The Hall–Kier alpha value is -1.07. The molecule has 0 saturated heterocycles. The first-order valence-corrected chi connectivity index (χ1v) is 8.85. The number of hydrogen-bond acceptors (Lipinski definition) is 4. The average molecular weight is 297 g/mol. The van der Waals surface area contributed by atoms with Crippen molar-refractivity contribution in [1.82, 2.24) is 0 Å². The van der Waals surface area contributed by atoms with E-state index in [0.717, 1.165) is 25.7 Å². The van der Waals surface area contributed by atoms with Crippen LogP contribution in [0.5, 0.6) is 5.75 Å². The Morgan fingerprint density at radius 2 is 1.75 bits per heavy atom. The molecule has 2 rings (SSSR count).